The molecular weight excluding hydrogens is 560 g/mol. The highest BCUT2D eigenvalue weighted by Crippen LogP contribution is 2.51. The predicted octanol–water partition coefficient (Wildman–Crippen LogP) is 12.8. The average molecular weight is 617 g/mol. The van der Waals surface area contributed by atoms with Gasteiger partial charge in [0.1, 0.15) is 11.4 Å². The van der Waals surface area contributed by atoms with E-state index in [9.17, 15) is 5.11 Å². The number of benzene rings is 3. The SMILES string of the molecule is CCCCCCCCCCCCCCCCCCCCCCOc1ccc2c(c1)C(O)(c1ccc(Cl)cc1)c1ccccc1-2. The number of rotatable bonds is 23. The Hall–Kier alpha value is -2.29. The number of ether oxygens (including phenoxy) is 1. The molecule has 0 heterocycles. The molecule has 4 rings (SSSR count). The lowest BCUT2D eigenvalue weighted by Gasteiger charge is -2.27. The second kappa shape index (κ2) is 19.3. The molecule has 3 heteroatoms. The van der Waals surface area contributed by atoms with Crippen molar-refractivity contribution in [2.75, 3.05) is 6.61 Å². The summed E-state index contributed by atoms with van der Waals surface area (Å²) in [7, 11) is 0. The van der Waals surface area contributed by atoms with Gasteiger partial charge in [0.2, 0.25) is 0 Å². The summed E-state index contributed by atoms with van der Waals surface area (Å²) < 4.78 is 6.18. The summed E-state index contributed by atoms with van der Waals surface area (Å²) in [6.07, 6.45) is 27.7. The zero-order valence-corrected chi connectivity index (χ0v) is 28.2. The standard InChI is InChI=1S/C41H57ClO2/c1-2-3-4-5-6-7-8-9-10-11-12-13-14-15-16-17-18-19-20-23-32-44-36-30-31-38-37-24-21-22-25-39(37)41(43,40(38)33-36)34-26-28-35(42)29-27-34/h21-22,24-31,33,43H,2-20,23,32H2,1H3. The number of unbranched alkanes of at least 4 members (excludes halogenated alkanes) is 19. The fraction of sp³-hybridized carbons (Fsp3) is 0.561. The Morgan fingerprint density at radius 2 is 1.02 bits per heavy atom. The Kier molecular flexibility index (Phi) is 15.1. The molecule has 0 amide bonds. The molecule has 0 aliphatic heterocycles. The van der Waals surface area contributed by atoms with Crippen LogP contribution >= 0.6 is 11.6 Å². The summed E-state index contributed by atoms with van der Waals surface area (Å²) in [6, 6.07) is 21.8. The minimum absolute atomic E-state index is 0.663. The molecule has 0 fully saturated rings. The van der Waals surface area contributed by atoms with Gasteiger partial charge in [-0.15, -0.1) is 0 Å². The number of halogens is 1. The van der Waals surface area contributed by atoms with Crippen LogP contribution in [0.25, 0.3) is 11.1 Å². The summed E-state index contributed by atoms with van der Waals surface area (Å²) >= 11 is 6.16. The number of hydrogen-bond donors (Lipinski definition) is 1. The molecule has 0 radical (unpaired) electrons. The van der Waals surface area contributed by atoms with Gasteiger partial charge in [0.25, 0.3) is 0 Å². The Bertz CT molecular complexity index is 1220. The minimum atomic E-state index is -1.22. The van der Waals surface area contributed by atoms with E-state index in [1.807, 2.05) is 54.6 Å². The molecule has 2 nitrogen and oxygen atoms in total. The number of hydrogen-bond acceptors (Lipinski definition) is 2. The second-order valence-electron chi connectivity index (χ2n) is 13.0. The fourth-order valence-electron chi connectivity index (χ4n) is 6.88. The molecule has 3 aromatic carbocycles. The van der Waals surface area contributed by atoms with E-state index in [0.29, 0.717) is 11.6 Å². The van der Waals surface area contributed by atoms with Gasteiger partial charge in [-0.25, -0.2) is 0 Å². The van der Waals surface area contributed by atoms with Crippen molar-refractivity contribution < 1.29 is 9.84 Å². The molecule has 1 aliphatic rings. The van der Waals surface area contributed by atoms with Crippen LogP contribution in [0.2, 0.25) is 5.02 Å². The van der Waals surface area contributed by atoms with Crippen LogP contribution < -0.4 is 4.74 Å². The Morgan fingerprint density at radius 1 is 0.545 bits per heavy atom. The van der Waals surface area contributed by atoms with Gasteiger partial charge in [-0.1, -0.05) is 183 Å². The highest BCUT2D eigenvalue weighted by molar-refractivity contribution is 6.30. The second-order valence-corrected chi connectivity index (χ2v) is 13.5. The average Bonchev–Trinajstić information content (AvgIpc) is 3.30. The normalized spacial score (nSPS) is 15.3. The van der Waals surface area contributed by atoms with Crippen LogP contribution in [0.15, 0.2) is 66.7 Å². The first-order valence-electron chi connectivity index (χ1n) is 18.0. The third-order valence-electron chi connectivity index (χ3n) is 9.52. The number of fused-ring (bicyclic) bond motifs is 3. The van der Waals surface area contributed by atoms with Gasteiger partial charge < -0.3 is 9.84 Å². The van der Waals surface area contributed by atoms with Crippen LogP contribution in [0.4, 0.5) is 0 Å². The molecule has 240 valence electrons. The summed E-state index contributed by atoms with van der Waals surface area (Å²) in [5.41, 5.74) is 3.51. The highest BCUT2D eigenvalue weighted by Gasteiger charge is 2.43. The van der Waals surface area contributed by atoms with Gasteiger partial charge in [-0.3, -0.25) is 0 Å². The van der Waals surface area contributed by atoms with Crippen LogP contribution in [0.1, 0.15) is 152 Å². The van der Waals surface area contributed by atoms with E-state index >= 15 is 0 Å². The molecule has 1 atom stereocenters. The van der Waals surface area contributed by atoms with Crippen LogP contribution in [0, 0.1) is 0 Å². The van der Waals surface area contributed by atoms with Crippen LogP contribution in [0.3, 0.4) is 0 Å². The smallest absolute Gasteiger partial charge is 0.141 e. The van der Waals surface area contributed by atoms with Gasteiger partial charge in [0.05, 0.1) is 6.61 Å². The van der Waals surface area contributed by atoms with E-state index in [2.05, 4.69) is 19.1 Å². The van der Waals surface area contributed by atoms with E-state index < -0.39 is 5.60 Å². The Balaban J connectivity index is 1.04. The van der Waals surface area contributed by atoms with Crippen molar-refractivity contribution in [1.29, 1.82) is 0 Å². The zero-order valence-electron chi connectivity index (χ0n) is 27.4. The highest BCUT2D eigenvalue weighted by atomic mass is 35.5. The first-order chi connectivity index (χ1) is 21.6. The first kappa shape index (κ1) is 34.6. The van der Waals surface area contributed by atoms with E-state index in [1.165, 1.54) is 122 Å². The lowest BCUT2D eigenvalue weighted by atomic mass is 9.84. The summed E-state index contributed by atoms with van der Waals surface area (Å²) in [5, 5.41) is 12.8. The van der Waals surface area contributed by atoms with Crippen LogP contribution in [-0.4, -0.2) is 11.7 Å². The fourth-order valence-corrected chi connectivity index (χ4v) is 7.00. The minimum Gasteiger partial charge on any atom is -0.494 e. The largest absolute Gasteiger partial charge is 0.494 e. The first-order valence-corrected chi connectivity index (χ1v) is 18.4. The van der Waals surface area contributed by atoms with Gasteiger partial charge >= 0.3 is 0 Å². The molecule has 0 saturated heterocycles. The Morgan fingerprint density at radius 3 is 1.57 bits per heavy atom. The predicted molar refractivity (Wildman–Crippen MR) is 189 cm³/mol. The van der Waals surface area contributed by atoms with Gasteiger partial charge in [-0.2, -0.15) is 0 Å². The molecular formula is C41H57ClO2. The monoisotopic (exact) mass is 616 g/mol. The quantitative estimate of drug-likeness (QED) is 0.107. The van der Waals surface area contributed by atoms with E-state index in [4.69, 9.17) is 16.3 Å². The summed E-state index contributed by atoms with van der Waals surface area (Å²) in [5.74, 6) is 0.821. The van der Waals surface area contributed by atoms with Gasteiger partial charge in [0.15, 0.2) is 0 Å². The molecule has 1 unspecified atom stereocenters. The molecule has 0 saturated carbocycles. The van der Waals surface area contributed by atoms with Crippen LogP contribution in [0.5, 0.6) is 5.75 Å². The van der Waals surface area contributed by atoms with Gasteiger partial charge in [0, 0.05) is 16.1 Å². The van der Waals surface area contributed by atoms with Crippen molar-refractivity contribution >= 4 is 11.6 Å². The topological polar surface area (TPSA) is 29.5 Å². The third-order valence-corrected chi connectivity index (χ3v) is 9.77. The summed E-state index contributed by atoms with van der Waals surface area (Å²) in [6.45, 7) is 3.01. The molecule has 1 aliphatic carbocycles. The van der Waals surface area contributed by atoms with Crippen molar-refractivity contribution in [3.8, 4) is 16.9 Å². The lowest BCUT2D eigenvalue weighted by molar-refractivity contribution is 0.130. The maximum atomic E-state index is 12.1. The van der Waals surface area contributed by atoms with Crippen molar-refractivity contribution in [2.24, 2.45) is 0 Å². The third kappa shape index (κ3) is 10.1. The van der Waals surface area contributed by atoms with Crippen LogP contribution in [-0.2, 0) is 5.60 Å². The van der Waals surface area contributed by atoms with Crippen molar-refractivity contribution in [3.63, 3.8) is 0 Å². The Labute approximate surface area is 273 Å². The molecule has 44 heavy (non-hydrogen) atoms. The van der Waals surface area contributed by atoms with E-state index in [0.717, 1.165) is 40.0 Å². The van der Waals surface area contributed by atoms with E-state index in [1.54, 1.807) is 0 Å². The van der Waals surface area contributed by atoms with Crippen molar-refractivity contribution in [1.82, 2.24) is 0 Å². The molecule has 0 bridgehead atoms. The lowest BCUT2D eigenvalue weighted by Crippen LogP contribution is -2.26. The van der Waals surface area contributed by atoms with Crippen molar-refractivity contribution in [3.05, 3.63) is 88.4 Å². The zero-order chi connectivity index (χ0) is 30.9. The number of aliphatic hydroxyl groups is 1. The van der Waals surface area contributed by atoms with Gasteiger partial charge in [-0.05, 0) is 47.4 Å². The molecule has 0 aromatic heterocycles. The van der Waals surface area contributed by atoms with Crippen molar-refractivity contribution in [2.45, 2.75) is 141 Å². The molecule has 3 aromatic rings. The molecule has 0 spiro atoms. The summed E-state index contributed by atoms with van der Waals surface area (Å²) in [4.78, 5) is 0. The maximum absolute atomic E-state index is 12.1. The maximum Gasteiger partial charge on any atom is 0.141 e. The van der Waals surface area contributed by atoms with E-state index in [-0.39, 0.29) is 0 Å². The molecule has 1 N–H and O–H groups in total.